The van der Waals surface area contributed by atoms with Crippen LogP contribution in [0.15, 0.2) is 10.8 Å². The number of aromatic nitrogens is 2. The van der Waals surface area contributed by atoms with E-state index in [1.165, 1.54) is 19.2 Å². The molecule has 1 atom stereocenters. The Bertz CT molecular complexity index is 370. The van der Waals surface area contributed by atoms with Gasteiger partial charge in [-0.1, -0.05) is 13.3 Å². The second-order valence-corrected chi connectivity index (χ2v) is 4.81. The maximum Gasteiger partial charge on any atom is 0.159 e. The molecule has 0 saturated carbocycles. The molecule has 5 nitrogen and oxygen atoms in total. The third-order valence-electron chi connectivity index (χ3n) is 3.07. The summed E-state index contributed by atoms with van der Waals surface area (Å²) in [7, 11) is 0. The summed E-state index contributed by atoms with van der Waals surface area (Å²) in [5.41, 5.74) is 2.56. The van der Waals surface area contributed by atoms with Gasteiger partial charge in [0.15, 0.2) is 5.82 Å². The summed E-state index contributed by atoms with van der Waals surface area (Å²) in [6, 6.07) is 0. The third-order valence-corrected chi connectivity index (χ3v) is 3.80. The van der Waals surface area contributed by atoms with Gasteiger partial charge in [-0.05, 0) is 28.3 Å². The van der Waals surface area contributed by atoms with Crippen LogP contribution in [0.25, 0.3) is 0 Å². The summed E-state index contributed by atoms with van der Waals surface area (Å²) in [5.74, 6) is 7.72. The van der Waals surface area contributed by atoms with Crippen molar-refractivity contribution in [2.24, 2.45) is 11.8 Å². The SMILES string of the molecule is CCC1CCN(c2ncnc(NN)c2Br)C1. The van der Waals surface area contributed by atoms with E-state index in [4.69, 9.17) is 5.84 Å². The number of hydrogen-bond donors (Lipinski definition) is 2. The first-order chi connectivity index (χ1) is 7.76. The van der Waals surface area contributed by atoms with E-state index < -0.39 is 0 Å². The molecule has 0 spiro atoms. The molecule has 16 heavy (non-hydrogen) atoms. The van der Waals surface area contributed by atoms with Gasteiger partial charge < -0.3 is 10.3 Å². The van der Waals surface area contributed by atoms with Crippen molar-refractivity contribution in [2.45, 2.75) is 19.8 Å². The van der Waals surface area contributed by atoms with E-state index >= 15 is 0 Å². The average Bonchev–Trinajstić information content (AvgIpc) is 2.78. The van der Waals surface area contributed by atoms with E-state index in [1.807, 2.05) is 0 Å². The molecule has 2 rings (SSSR count). The molecule has 0 bridgehead atoms. The molecule has 1 fully saturated rings. The number of nitrogens with one attached hydrogen (secondary N) is 1. The van der Waals surface area contributed by atoms with Gasteiger partial charge in [0.05, 0.1) is 0 Å². The van der Waals surface area contributed by atoms with Crippen LogP contribution < -0.4 is 16.2 Å². The van der Waals surface area contributed by atoms with E-state index in [9.17, 15) is 0 Å². The molecule has 88 valence electrons. The predicted octanol–water partition coefficient (Wildman–Crippen LogP) is 1.76. The Morgan fingerprint density at radius 3 is 3.06 bits per heavy atom. The van der Waals surface area contributed by atoms with Crippen molar-refractivity contribution in [1.29, 1.82) is 0 Å². The molecule has 3 N–H and O–H groups in total. The Kier molecular flexibility index (Phi) is 3.60. The lowest BCUT2D eigenvalue weighted by Gasteiger charge is -2.19. The van der Waals surface area contributed by atoms with Crippen molar-refractivity contribution in [2.75, 3.05) is 23.4 Å². The van der Waals surface area contributed by atoms with Gasteiger partial charge in [0, 0.05) is 13.1 Å². The Labute approximate surface area is 104 Å². The van der Waals surface area contributed by atoms with Gasteiger partial charge >= 0.3 is 0 Å². The predicted molar refractivity (Wildman–Crippen MR) is 68.2 cm³/mol. The van der Waals surface area contributed by atoms with Crippen molar-refractivity contribution in [3.05, 3.63) is 10.8 Å². The molecular formula is C10H16BrN5. The average molecular weight is 286 g/mol. The van der Waals surface area contributed by atoms with E-state index in [1.54, 1.807) is 0 Å². The first kappa shape index (κ1) is 11.6. The molecule has 1 aromatic rings. The second kappa shape index (κ2) is 4.97. The summed E-state index contributed by atoms with van der Waals surface area (Å²) in [5, 5.41) is 0. The van der Waals surface area contributed by atoms with Crippen molar-refractivity contribution >= 4 is 27.6 Å². The zero-order valence-corrected chi connectivity index (χ0v) is 10.9. The number of nitrogen functional groups attached to an aromatic ring is 1. The van der Waals surface area contributed by atoms with Gasteiger partial charge in [-0.25, -0.2) is 15.8 Å². The highest BCUT2D eigenvalue weighted by molar-refractivity contribution is 9.10. The minimum Gasteiger partial charge on any atom is -0.355 e. The van der Waals surface area contributed by atoms with E-state index in [-0.39, 0.29) is 0 Å². The molecule has 0 aromatic carbocycles. The first-order valence-corrected chi connectivity index (χ1v) is 6.27. The topological polar surface area (TPSA) is 67.1 Å². The number of nitrogens with two attached hydrogens (primary N) is 1. The molecule has 6 heteroatoms. The lowest BCUT2D eigenvalue weighted by molar-refractivity contribution is 0.568. The van der Waals surface area contributed by atoms with Crippen LogP contribution in [0, 0.1) is 5.92 Å². The van der Waals surface area contributed by atoms with Gasteiger partial charge in [-0.15, -0.1) is 0 Å². The van der Waals surface area contributed by atoms with Gasteiger partial charge in [0.1, 0.15) is 16.6 Å². The van der Waals surface area contributed by atoms with E-state index in [2.05, 4.69) is 43.1 Å². The molecular weight excluding hydrogens is 270 g/mol. The number of anilines is 2. The lowest BCUT2D eigenvalue weighted by atomic mass is 10.1. The maximum absolute atomic E-state index is 5.38. The van der Waals surface area contributed by atoms with Crippen LogP contribution in [-0.4, -0.2) is 23.1 Å². The normalized spacial score (nSPS) is 20.2. The van der Waals surface area contributed by atoms with Crippen molar-refractivity contribution in [3.63, 3.8) is 0 Å². The Hall–Kier alpha value is -0.880. The second-order valence-electron chi connectivity index (χ2n) is 4.01. The number of halogens is 1. The van der Waals surface area contributed by atoms with Gasteiger partial charge in [0.25, 0.3) is 0 Å². The third kappa shape index (κ3) is 2.12. The molecule has 1 aromatic heterocycles. The van der Waals surface area contributed by atoms with Crippen LogP contribution in [0.4, 0.5) is 11.6 Å². The number of hydrogen-bond acceptors (Lipinski definition) is 5. The Balaban J connectivity index is 2.21. The van der Waals surface area contributed by atoms with Gasteiger partial charge in [-0.2, -0.15) is 0 Å². The van der Waals surface area contributed by atoms with Crippen LogP contribution in [0.5, 0.6) is 0 Å². The summed E-state index contributed by atoms with van der Waals surface area (Å²) in [4.78, 5) is 10.6. The molecule has 1 saturated heterocycles. The molecule has 0 amide bonds. The van der Waals surface area contributed by atoms with Crippen LogP contribution in [-0.2, 0) is 0 Å². The summed E-state index contributed by atoms with van der Waals surface area (Å²) in [6.07, 6.45) is 3.99. The smallest absolute Gasteiger partial charge is 0.159 e. The van der Waals surface area contributed by atoms with E-state index in [0.717, 1.165) is 29.3 Å². The fraction of sp³-hybridized carbons (Fsp3) is 0.600. The molecule has 1 unspecified atom stereocenters. The number of nitrogens with zero attached hydrogens (tertiary/aromatic N) is 3. The van der Waals surface area contributed by atoms with Gasteiger partial charge in [0.2, 0.25) is 0 Å². The van der Waals surface area contributed by atoms with Crippen molar-refractivity contribution < 1.29 is 0 Å². The fourth-order valence-corrected chi connectivity index (χ4v) is 2.61. The zero-order valence-electron chi connectivity index (χ0n) is 9.28. The molecule has 0 aliphatic carbocycles. The highest BCUT2D eigenvalue weighted by atomic mass is 79.9. The molecule has 1 aliphatic rings. The minimum absolute atomic E-state index is 0.630. The number of hydrazine groups is 1. The minimum atomic E-state index is 0.630. The Morgan fingerprint density at radius 1 is 1.62 bits per heavy atom. The lowest BCUT2D eigenvalue weighted by Crippen LogP contribution is -2.22. The largest absolute Gasteiger partial charge is 0.355 e. The van der Waals surface area contributed by atoms with Crippen molar-refractivity contribution in [3.8, 4) is 0 Å². The fourth-order valence-electron chi connectivity index (χ4n) is 2.04. The molecule has 0 radical (unpaired) electrons. The summed E-state index contributed by atoms with van der Waals surface area (Å²) < 4.78 is 0.842. The van der Waals surface area contributed by atoms with Crippen LogP contribution in [0.2, 0.25) is 0 Å². The van der Waals surface area contributed by atoms with Crippen LogP contribution >= 0.6 is 15.9 Å². The van der Waals surface area contributed by atoms with Crippen LogP contribution in [0.3, 0.4) is 0 Å². The maximum atomic E-state index is 5.38. The van der Waals surface area contributed by atoms with E-state index in [0.29, 0.717) is 5.82 Å². The van der Waals surface area contributed by atoms with Crippen LogP contribution in [0.1, 0.15) is 19.8 Å². The molecule has 2 heterocycles. The summed E-state index contributed by atoms with van der Waals surface area (Å²) in [6.45, 7) is 4.35. The van der Waals surface area contributed by atoms with Crippen molar-refractivity contribution in [1.82, 2.24) is 9.97 Å². The van der Waals surface area contributed by atoms with Gasteiger partial charge in [-0.3, -0.25) is 0 Å². The number of rotatable bonds is 3. The molecule has 1 aliphatic heterocycles. The zero-order chi connectivity index (χ0) is 11.5. The summed E-state index contributed by atoms with van der Waals surface area (Å²) >= 11 is 3.48. The Morgan fingerprint density at radius 2 is 2.44 bits per heavy atom. The highest BCUT2D eigenvalue weighted by Gasteiger charge is 2.24. The first-order valence-electron chi connectivity index (χ1n) is 5.48. The highest BCUT2D eigenvalue weighted by Crippen LogP contribution is 2.32. The monoisotopic (exact) mass is 285 g/mol. The quantitative estimate of drug-likeness (QED) is 0.654. The standard InChI is InChI=1S/C10H16BrN5/c1-2-7-3-4-16(5-7)10-8(11)9(15-12)13-6-14-10/h6-7H,2-5,12H2,1H3,(H,13,14,15).